The van der Waals surface area contributed by atoms with E-state index in [2.05, 4.69) is 0 Å². The second kappa shape index (κ2) is 10.2. The maximum Gasteiger partial charge on any atom is 0.289 e. The van der Waals surface area contributed by atoms with Gasteiger partial charge in [-0.05, 0) is 19.1 Å². The molecule has 1 aliphatic rings. The average Bonchev–Trinajstić information content (AvgIpc) is 3.60. The molecule has 0 saturated carbocycles. The molecule has 2 aromatic heterocycles. The number of carbonyl (C=O) groups excluding carboxylic acids is 2. The molecule has 0 bridgehead atoms. The third-order valence-corrected chi connectivity index (χ3v) is 6.86. The van der Waals surface area contributed by atoms with Crippen LogP contribution in [-0.4, -0.2) is 58.0 Å². The van der Waals surface area contributed by atoms with Crippen LogP contribution in [0.5, 0.6) is 0 Å². The Kier molecular flexibility index (Phi) is 6.72. The number of rotatable bonds is 6. The summed E-state index contributed by atoms with van der Waals surface area (Å²) in [5, 5.41) is 0.0726. The smallest absolute Gasteiger partial charge is 0.289 e. The van der Waals surface area contributed by atoms with Crippen LogP contribution >= 0.6 is 11.8 Å². The van der Waals surface area contributed by atoms with Gasteiger partial charge in [0, 0.05) is 37.3 Å². The van der Waals surface area contributed by atoms with Gasteiger partial charge in [-0.3, -0.25) is 9.59 Å². The molecule has 8 heteroatoms. The summed E-state index contributed by atoms with van der Waals surface area (Å²) in [6.45, 7) is 3.76. The van der Waals surface area contributed by atoms with Crippen LogP contribution in [0.4, 0.5) is 0 Å². The van der Waals surface area contributed by atoms with E-state index in [0.717, 1.165) is 16.8 Å². The van der Waals surface area contributed by atoms with Crippen LogP contribution in [-0.2, 0) is 4.79 Å². The van der Waals surface area contributed by atoms with Crippen LogP contribution in [0.15, 0.2) is 93.1 Å². The number of hydrogen-bond acceptors (Lipinski definition) is 6. The SMILES string of the molecule is C[C@@H](Sc1nc(-c2ccccc2)c(-c2ccccc2)o1)C(=O)N1CCN(C(=O)c2ccco2)CC1. The normalized spacial score (nSPS) is 14.7. The van der Waals surface area contributed by atoms with Gasteiger partial charge in [0.2, 0.25) is 5.91 Å². The third-order valence-electron chi connectivity index (χ3n) is 5.93. The first-order valence-corrected chi connectivity index (χ1v) is 12.4. The minimum atomic E-state index is -0.381. The number of hydrogen-bond donors (Lipinski definition) is 0. The lowest BCUT2D eigenvalue weighted by molar-refractivity contribution is -0.131. The molecule has 0 unspecified atom stereocenters. The van der Waals surface area contributed by atoms with Crippen LogP contribution in [0, 0.1) is 0 Å². The lowest BCUT2D eigenvalue weighted by atomic mass is 10.1. The minimum Gasteiger partial charge on any atom is -0.459 e. The molecule has 3 heterocycles. The number of piperazine rings is 1. The van der Waals surface area contributed by atoms with Crippen LogP contribution in [0.25, 0.3) is 22.6 Å². The highest BCUT2D eigenvalue weighted by Crippen LogP contribution is 2.37. The van der Waals surface area contributed by atoms with Crippen molar-refractivity contribution in [3.05, 3.63) is 84.8 Å². The summed E-state index contributed by atoms with van der Waals surface area (Å²) in [5.74, 6) is 0.858. The van der Waals surface area contributed by atoms with Gasteiger partial charge in [0.25, 0.3) is 11.1 Å². The molecule has 1 saturated heterocycles. The van der Waals surface area contributed by atoms with Gasteiger partial charge >= 0.3 is 0 Å². The fraction of sp³-hybridized carbons (Fsp3) is 0.222. The molecule has 178 valence electrons. The van der Waals surface area contributed by atoms with Gasteiger partial charge in [0.1, 0.15) is 5.69 Å². The number of benzene rings is 2. The Hall–Kier alpha value is -3.78. The number of thioether (sulfide) groups is 1. The molecule has 0 aliphatic carbocycles. The fourth-order valence-corrected chi connectivity index (χ4v) is 4.90. The average molecular weight is 488 g/mol. The Balaban J connectivity index is 1.27. The summed E-state index contributed by atoms with van der Waals surface area (Å²) in [7, 11) is 0. The number of amides is 2. The molecule has 0 spiro atoms. The van der Waals surface area contributed by atoms with Gasteiger partial charge in [-0.25, -0.2) is 4.98 Å². The monoisotopic (exact) mass is 487 g/mol. The van der Waals surface area contributed by atoms with Crippen molar-refractivity contribution in [1.82, 2.24) is 14.8 Å². The molecule has 0 N–H and O–H groups in total. The summed E-state index contributed by atoms with van der Waals surface area (Å²) in [6, 6.07) is 23.1. The molecule has 1 atom stereocenters. The molecular formula is C27H25N3O4S. The molecule has 35 heavy (non-hydrogen) atoms. The van der Waals surface area contributed by atoms with E-state index < -0.39 is 0 Å². The van der Waals surface area contributed by atoms with Crippen LogP contribution in [0.3, 0.4) is 0 Å². The Bertz CT molecular complexity index is 1220. The Morgan fingerprint density at radius 1 is 0.857 bits per heavy atom. The second-order valence-electron chi connectivity index (χ2n) is 8.24. The largest absolute Gasteiger partial charge is 0.459 e. The van der Waals surface area contributed by atoms with Crippen molar-refractivity contribution >= 4 is 23.6 Å². The van der Waals surface area contributed by atoms with Gasteiger partial charge < -0.3 is 18.6 Å². The van der Waals surface area contributed by atoms with Crippen molar-refractivity contribution in [2.45, 2.75) is 17.4 Å². The first-order valence-electron chi connectivity index (χ1n) is 11.5. The highest BCUT2D eigenvalue weighted by atomic mass is 32.2. The lowest BCUT2D eigenvalue weighted by Crippen LogP contribution is -2.52. The van der Waals surface area contributed by atoms with Gasteiger partial charge in [-0.2, -0.15) is 0 Å². The molecule has 4 aromatic rings. The highest BCUT2D eigenvalue weighted by Gasteiger charge is 2.30. The van der Waals surface area contributed by atoms with E-state index in [1.807, 2.05) is 67.6 Å². The maximum absolute atomic E-state index is 13.2. The number of nitrogens with zero attached hydrogens (tertiary/aromatic N) is 3. The Morgan fingerprint density at radius 2 is 1.49 bits per heavy atom. The Morgan fingerprint density at radius 3 is 2.11 bits per heavy atom. The summed E-state index contributed by atoms with van der Waals surface area (Å²) >= 11 is 1.31. The van der Waals surface area contributed by atoms with Gasteiger partial charge in [-0.1, -0.05) is 72.4 Å². The first kappa shape index (κ1) is 23.0. The molecule has 1 fully saturated rings. The van der Waals surface area contributed by atoms with E-state index in [9.17, 15) is 9.59 Å². The van der Waals surface area contributed by atoms with Crippen molar-refractivity contribution < 1.29 is 18.4 Å². The van der Waals surface area contributed by atoms with E-state index >= 15 is 0 Å². The number of aromatic nitrogens is 1. The third kappa shape index (κ3) is 5.02. The fourth-order valence-electron chi connectivity index (χ4n) is 4.07. The lowest BCUT2D eigenvalue weighted by Gasteiger charge is -2.35. The van der Waals surface area contributed by atoms with E-state index in [-0.39, 0.29) is 17.1 Å². The minimum absolute atomic E-state index is 0.000759. The summed E-state index contributed by atoms with van der Waals surface area (Å²) in [5.41, 5.74) is 2.64. The first-order chi connectivity index (χ1) is 17.1. The van der Waals surface area contributed by atoms with Crippen molar-refractivity contribution in [3.8, 4) is 22.6 Å². The van der Waals surface area contributed by atoms with Crippen molar-refractivity contribution in [3.63, 3.8) is 0 Å². The molecule has 2 aromatic carbocycles. The van der Waals surface area contributed by atoms with E-state index in [1.54, 1.807) is 21.9 Å². The number of furan rings is 1. The van der Waals surface area contributed by atoms with Crippen molar-refractivity contribution in [1.29, 1.82) is 0 Å². The Labute approximate surface area is 207 Å². The predicted octanol–water partition coefficient (Wildman–Crippen LogP) is 5.07. The van der Waals surface area contributed by atoms with E-state index in [4.69, 9.17) is 13.8 Å². The topological polar surface area (TPSA) is 79.8 Å². The second-order valence-corrected chi connectivity index (χ2v) is 9.54. The van der Waals surface area contributed by atoms with Crippen LogP contribution in [0.2, 0.25) is 0 Å². The number of oxazole rings is 1. The number of carbonyl (C=O) groups is 2. The molecule has 7 nitrogen and oxygen atoms in total. The van der Waals surface area contributed by atoms with E-state index in [1.165, 1.54) is 18.0 Å². The van der Waals surface area contributed by atoms with E-state index in [0.29, 0.717) is 42.9 Å². The maximum atomic E-state index is 13.2. The molecule has 0 radical (unpaired) electrons. The zero-order valence-electron chi connectivity index (χ0n) is 19.3. The zero-order chi connectivity index (χ0) is 24.2. The predicted molar refractivity (Wildman–Crippen MR) is 134 cm³/mol. The van der Waals surface area contributed by atoms with Gasteiger partial charge in [-0.15, -0.1) is 0 Å². The molecule has 5 rings (SSSR count). The molecule has 1 aliphatic heterocycles. The van der Waals surface area contributed by atoms with Crippen LogP contribution in [0.1, 0.15) is 17.5 Å². The highest BCUT2D eigenvalue weighted by molar-refractivity contribution is 8.00. The summed E-state index contributed by atoms with van der Waals surface area (Å²) in [4.78, 5) is 33.9. The quantitative estimate of drug-likeness (QED) is 0.354. The van der Waals surface area contributed by atoms with Gasteiger partial charge in [0.05, 0.1) is 11.5 Å². The van der Waals surface area contributed by atoms with Crippen molar-refractivity contribution in [2.24, 2.45) is 0 Å². The standard InChI is InChI=1S/C27H25N3O4S/c1-19(25(31)29-14-16-30(17-15-29)26(32)22-13-8-18-33-22)35-27-28-23(20-9-4-2-5-10-20)24(34-27)21-11-6-3-7-12-21/h2-13,18-19H,14-17H2,1H3/t19-/m1/s1. The zero-order valence-corrected chi connectivity index (χ0v) is 20.1. The van der Waals surface area contributed by atoms with Crippen molar-refractivity contribution in [2.75, 3.05) is 26.2 Å². The summed E-state index contributed by atoms with van der Waals surface area (Å²) in [6.07, 6.45) is 1.49. The molecule has 2 amide bonds. The summed E-state index contributed by atoms with van der Waals surface area (Å²) < 4.78 is 11.4. The van der Waals surface area contributed by atoms with Gasteiger partial charge in [0.15, 0.2) is 11.5 Å². The van der Waals surface area contributed by atoms with Crippen LogP contribution < -0.4 is 0 Å². The molecular weight excluding hydrogens is 462 g/mol.